The van der Waals surface area contributed by atoms with Gasteiger partial charge in [-0.05, 0) is 39.0 Å². The molecule has 0 aliphatic heterocycles. The normalized spacial score (nSPS) is 10.9. The van der Waals surface area contributed by atoms with E-state index in [4.69, 9.17) is 9.84 Å². The van der Waals surface area contributed by atoms with Gasteiger partial charge in [0.15, 0.2) is 5.69 Å². The van der Waals surface area contributed by atoms with Crippen LogP contribution in [0.25, 0.3) is 0 Å². The lowest BCUT2D eigenvalue weighted by atomic mass is 10.2. The van der Waals surface area contributed by atoms with Gasteiger partial charge in [0.25, 0.3) is 0 Å². The van der Waals surface area contributed by atoms with Crippen LogP contribution in [0.1, 0.15) is 31.3 Å². The topological polar surface area (TPSA) is 101 Å². The summed E-state index contributed by atoms with van der Waals surface area (Å²) in [5.41, 5.74) is -0.741. The Morgan fingerprint density at radius 2 is 1.88 bits per heavy atom. The summed E-state index contributed by atoms with van der Waals surface area (Å²) in [5, 5.41) is 14.3. The highest BCUT2D eigenvalue weighted by Crippen LogP contribution is 2.22. The third-order valence-corrected chi connectivity index (χ3v) is 2.83. The molecular formula is C17H18FN3O4. The Hall–Kier alpha value is -3.16. The Kier molecular flexibility index (Phi) is 5.21. The van der Waals surface area contributed by atoms with Crippen LogP contribution < -0.4 is 10.6 Å². The standard InChI is InChI=1S/C17H18FN3O4/c1-17(2,3)25-16(24)19-10-8-13(15(22)23)21-14(9-10)20-12-7-5-4-6-11(12)18/h4-9H,1-3H3,(H,22,23)(H2,19,20,21,24). The molecule has 8 heteroatoms. The van der Waals surface area contributed by atoms with Crippen molar-refractivity contribution in [2.24, 2.45) is 0 Å². The molecule has 0 saturated heterocycles. The van der Waals surface area contributed by atoms with Gasteiger partial charge in [-0.3, -0.25) is 5.32 Å². The van der Waals surface area contributed by atoms with Gasteiger partial charge in [-0.25, -0.2) is 19.0 Å². The van der Waals surface area contributed by atoms with E-state index in [9.17, 15) is 14.0 Å². The number of nitrogens with zero attached hydrogens (tertiary/aromatic N) is 1. The molecule has 1 aromatic carbocycles. The van der Waals surface area contributed by atoms with E-state index in [-0.39, 0.29) is 22.9 Å². The molecule has 0 bridgehead atoms. The summed E-state index contributed by atoms with van der Waals surface area (Å²) < 4.78 is 18.9. The first kappa shape index (κ1) is 18.2. The molecule has 7 nitrogen and oxygen atoms in total. The summed E-state index contributed by atoms with van der Waals surface area (Å²) in [7, 11) is 0. The second-order valence-corrected chi connectivity index (χ2v) is 6.16. The van der Waals surface area contributed by atoms with Gasteiger partial charge in [0.2, 0.25) is 0 Å². The zero-order valence-electron chi connectivity index (χ0n) is 14.0. The molecule has 0 unspecified atom stereocenters. The second-order valence-electron chi connectivity index (χ2n) is 6.16. The summed E-state index contributed by atoms with van der Waals surface area (Å²) in [5.74, 6) is -1.74. The van der Waals surface area contributed by atoms with Crippen molar-refractivity contribution < 1.29 is 23.8 Å². The van der Waals surface area contributed by atoms with Crippen LogP contribution in [0.4, 0.5) is 26.4 Å². The van der Waals surface area contributed by atoms with Crippen molar-refractivity contribution in [3.8, 4) is 0 Å². The minimum atomic E-state index is -1.29. The predicted molar refractivity (Wildman–Crippen MR) is 90.7 cm³/mol. The average Bonchev–Trinajstić information content (AvgIpc) is 2.47. The monoisotopic (exact) mass is 347 g/mol. The zero-order valence-corrected chi connectivity index (χ0v) is 14.0. The first-order valence-electron chi connectivity index (χ1n) is 7.41. The summed E-state index contributed by atoms with van der Waals surface area (Å²) >= 11 is 0. The second kappa shape index (κ2) is 7.16. The third-order valence-electron chi connectivity index (χ3n) is 2.83. The van der Waals surface area contributed by atoms with Gasteiger partial charge in [0.1, 0.15) is 17.2 Å². The fourth-order valence-electron chi connectivity index (χ4n) is 1.90. The maximum absolute atomic E-state index is 13.7. The number of para-hydroxylation sites is 1. The fourth-order valence-corrected chi connectivity index (χ4v) is 1.90. The Labute approximate surface area is 143 Å². The number of ether oxygens (including phenoxy) is 1. The number of halogens is 1. The van der Waals surface area contributed by atoms with Crippen LogP contribution in [-0.4, -0.2) is 27.8 Å². The molecule has 1 heterocycles. The Balaban J connectivity index is 2.29. The van der Waals surface area contributed by atoms with E-state index >= 15 is 0 Å². The Morgan fingerprint density at radius 3 is 2.48 bits per heavy atom. The number of rotatable bonds is 4. The van der Waals surface area contributed by atoms with Crippen LogP contribution in [0, 0.1) is 5.82 Å². The molecule has 2 aromatic rings. The van der Waals surface area contributed by atoms with Gasteiger partial charge in [0, 0.05) is 6.07 Å². The first-order chi connectivity index (χ1) is 11.6. The number of carboxylic acids is 1. The van der Waals surface area contributed by atoms with E-state index in [0.29, 0.717) is 0 Å². The maximum atomic E-state index is 13.7. The number of carboxylic acid groups (broad SMARTS) is 1. The van der Waals surface area contributed by atoms with Crippen LogP contribution in [0.15, 0.2) is 36.4 Å². The van der Waals surface area contributed by atoms with Crippen molar-refractivity contribution in [2.45, 2.75) is 26.4 Å². The zero-order chi connectivity index (χ0) is 18.6. The van der Waals surface area contributed by atoms with Crippen LogP contribution in [0.3, 0.4) is 0 Å². The highest BCUT2D eigenvalue weighted by molar-refractivity contribution is 5.91. The summed E-state index contributed by atoms with van der Waals surface area (Å²) in [6, 6.07) is 8.43. The Morgan fingerprint density at radius 1 is 1.20 bits per heavy atom. The van der Waals surface area contributed by atoms with Gasteiger partial charge < -0.3 is 15.2 Å². The Bertz CT molecular complexity index is 803. The van der Waals surface area contributed by atoms with E-state index in [2.05, 4.69) is 15.6 Å². The molecule has 0 radical (unpaired) electrons. The van der Waals surface area contributed by atoms with Gasteiger partial charge in [-0.2, -0.15) is 0 Å². The lowest BCUT2D eigenvalue weighted by Gasteiger charge is -2.20. The number of pyridine rings is 1. The van der Waals surface area contributed by atoms with Crippen molar-refractivity contribution in [2.75, 3.05) is 10.6 Å². The predicted octanol–water partition coefficient (Wildman–Crippen LogP) is 4.01. The first-order valence-corrected chi connectivity index (χ1v) is 7.41. The van der Waals surface area contributed by atoms with Crippen molar-refractivity contribution in [3.05, 3.63) is 47.9 Å². The van der Waals surface area contributed by atoms with E-state index in [1.54, 1.807) is 26.8 Å². The molecule has 1 amide bonds. The van der Waals surface area contributed by atoms with Crippen LogP contribution in [0.5, 0.6) is 0 Å². The number of carbonyl (C=O) groups excluding carboxylic acids is 1. The quantitative estimate of drug-likeness (QED) is 0.772. The molecule has 0 fully saturated rings. The number of nitrogens with one attached hydrogen (secondary N) is 2. The molecule has 0 spiro atoms. The number of anilines is 3. The van der Waals surface area contributed by atoms with Gasteiger partial charge in [0.05, 0.1) is 11.4 Å². The lowest BCUT2D eigenvalue weighted by molar-refractivity contribution is 0.0632. The summed E-state index contributed by atoms with van der Waals surface area (Å²) in [6.45, 7) is 5.10. The number of hydrogen-bond donors (Lipinski definition) is 3. The van der Waals surface area contributed by atoms with Crippen LogP contribution >= 0.6 is 0 Å². The smallest absolute Gasteiger partial charge is 0.412 e. The van der Waals surface area contributed by atoms with E-state index in [1.165, 1.54) is 30.3 Å². The fraction of sp³-hybridized carbons (Fsp3) is 0.235. The molecule has 0 aliphatic carbocycles. The van der Waals surface area contributed by atoms with Gasteiger partial charge in [-0.1, -0.05) is 12.1 Å². The number of carbonyl (C=O) groups is 2. The number of amides is 1. The minimum absolute atomic E-state index is 0.0658. The van der Waals surface area contributed by atoms with E-state index in [0.717, 1.165) is 0 Å². The van der Waals surface area contributed by atoms with Crippen LogP contribution in [0.2, 0.25) is 0 Å². The summed E-state index contributed by atoms with van der Waals surface area (Å²) in [4.78, 5) is 27.0. The number of hydrogen-bond acceptors (Lipinski definition) is 5. The molecular weight excluding hydrogens is 329 g/mol. The van der Waals surface area contributed by atoms with Crippen molar-refractivity contribution >= 4 is 29.3 Å². The largest absolute Gasteiger partial charge is 0.477 e. The highest BCUT2D eigenvalue weighted by atomic mass is 19.1. The lowest BCUT2D eigenvalue weighted by Crippen LogP contribution is -2.27. The number of aromatic carboxylic acids is 1. The SMILES string of the molecule is CC(C)(C)OC(=O)Nc1cc(Nc2ccccc2F)nc(C(=O)O)c1. The van der Waals surface area contributed by atoms with Crippen molar-refractivity contribution in [3.63, 3.8) is 0 Å². The van der Waals surface area contributed by atoms with Gasteiger partial charge >= 0.3 is 12.1 Å². The molecule has 1 aromatic heterocycles. The van der Waals surface area contributed by atoms with Crippen molar-refractivity contribution in [1.29, 1.82) is 0 Å². The molecule has 0 saturated carbocycles. The van der Waals surface area contributed by atoms with Crippen molar-refractivity contribution in [1.82, 2.24) is 4.98 Å². The molecule has 3 N–H and O–H groups in total. The minimum Gasteiger partial charge on any atom is -0.477 e. The third kappa shape index (κ3) is 5.45. The molecule has 132 valence electrons. The highest BCUT2D eigenvalue weighted by Gasteiger charge is 2.18. The van der Waals surface area contributed by atoms with Gasteiger partial charge in [-0.15, -0.1) is 0 Å². The maximum Gasteiger partial charge on any atom is 0.412 e. The van der Waals surface area contributed by atoms with E-state index in [1.807, 2.05) is 0 Å². The number of benzene rings is 1. The summed E-state index contributed by atoms with van der Waals surface area (Å²) in [6.07, 6.45) is -0.744. The molecule has 0 aliphatic rings. The molecule has 25 heavy (non-hydrogen) atoms. The van der Waals surface area contributed by atoms with Crippen LogP contribution in [-0.2, 0) is 4.74 Å². The molecule has 0 atom stereocenters. The number of aromatic nitrogens is 1. The van der Waals surface area contributed by atoms with E-state index < -0.39 is 23.5 Å². The molecule has 2 rings (SSSR count). The average molecular weight is 347 g/mol.